The second-order valence-corrected chi connectivity index (χ2v) is 5.76. The molecule has 1 aromatic heterocycles. The first kappa shape index (κ1) is 16.4. The minimum absolute atomic E-state index is 0.302. The second kappa shape index (κ2) is 6.95. The highest BCUT2D eigenvalue weighted by Gasteiger charge is 2.24. The van der Waals surface area contributed by atoms with E-state index in [-0.39, 0.29) is 0 Å². The minimum Gasteiger partial charge on any atom is -0.805 e. The maximum atomic E-state index is 12.9. The molecule has 2 aromatic rings. The molecule has 0 N–H and O–H groups in total. The van der Waals surface area contributed by atoms with E-state index in [4.69, 9.17) is 9.47 Å². The van der Waals surface area contributed by atoms with E-state index in [1.807, 2.05) is 13.8 Å². The van der Waals surface area contributed by atoms with Crippen LogP contribution in [-0.2, 0) is 12.8 Å². The van der Waals surface area contributed by atoms with Crippen molar-refractivity contribution in [3.63, 3.8) is 0 Å². The standard InChI is InChI=1S/C18H22N2O4/c1-3-23-13-9-10-18(24-4-2)14(11-13)17-12-19(21)15-7-5-6-8-16(15)20(17)22/h9-12H,3-8H2,1-2H3. The van der Waals surface area contributed by atoms with Gasteiger partial charge in [0.25, 0.3) is 11.9 Å². The Labute approximate surface area is 140 Å². The summed E-state index contributed by atoms with van der Waals surface area (Å²) in [6.07, 6.45) is 4.50. The highest BCUT2D eigenvalue weighted by molar-refractivity contribution is 5.69. The van der Waals surface area contributed by atoms with Gasteiger partial charge in [-0.3, -0.25) is 0 Å². The van der Waals surface area contributed by atoms with Crippen LogP contribution in [-0.4, -0.2) is 17.9 Å². The zero-order valence-electron chi connectivity index (χ0n) is 14.1. The lowest BCUT2D eigenvalue weighted by atomic mass is 9.99. The monoisotopic (exact) mass is 330 g/mol. The van der Waals surface area contributed by atoms with Crippen LogP contribution in [0.3, 0.4) is 0 Å². The molecule has 6 nitrogen and oxygen atoms in total. The number of nitrogens with zero attached hydrogens (tertiary/aromatic N) is 2. The molecule has 0 radical (unpaired) electrons. The molecule has 0 amide bonds. The fraction of sp³-hybridized carbons (Fsp3) is 0.444. The summed E-state index contributed by atoms with van der Waals surface area (Å²) in [5, 5.41) is 12.9. The molecule has 0 atom stereocenters. The largest absolute Gasteiger partial charge is 0.805 e. The molecule has 0 aliphatic heterocycles. The Kier molecular flexibility index (Phi) is 4.74. The first-order chi connectivity index (χ1) is 11.7. The predicted molar refractivity (Wildman–Crippen MR) is 91.0 cm³/mol. The van der Waals surface area contributed by atoms with Crippen molar-refractivity contribution in [2.24, 2.45) is 0 Å². The third kappa shape index (κ3) is 2.96. The highest BCUT2D eigenvalue weighted by Crippen LogP contribution is 2.34. The van der Waals surface area contributed by atoms with Gasteiger partial charge in [0, 0.05) is 16.9 Å². The van der Waals surface area contributed by atoms with E-state index in [1.54, 1.807) is 18.2 Å². The Balaban J connectivity index is 2.19. The molecule has 0 bridgehead atoms. The van der Waals surface area contributed by atoms with Crippen LogP contribution in [0.15, 0.2) is 24.4 Å². The first-order valence-electron chi connectivity index (χ1n) is 8.43. The molecule has 1 aliphatic carbocycles. The van der Waals surface area contributed by atoms with Crippen molar-refractivity contribution in [3.8, 4) is 22.8 Å². The maximum Gasteiger partial charge on any atom is 0.258 e. The van der Waals surface area contributed by atoms with Crippen molar-refractivity contribution in [2.75, 3.05) is 13.2 Å². The van der Waals surface area contributed by atoms with Gasteiger partial charge in [-0.25, -0.2) is 0 Å². The SMILES string of the molecule is CCOc1ccc(OCC)c(-c2c[n+](=O)c3c(n2[O-])CCCC3)c1. The Bertz CT molecular complexity index is 798. The Morgan fingerprint density at radius 1 is 1.17 bits per heavy atom. The van der Waals surface area contributed by atoms with Crippen molar-refractivity contribution < 1.29 is 13.9 Å². The number of rotatable bonds is 5. The fourth-order valence-corrected chi connectivity index (χ4v) is 3.14. The summed E-state index contributed by atoms with van der Waals surface area (Å²) in [5.74, 6) is 1.22. The molecule has 0 saturated carbocycles. The molecule has 1 aromatic carbocycles. The van der Waals surface area contributed by atoms with Gasteiger partial charge in [0.15, 0.2) is 0 Å². The molecule has 1 heterocycles. The van der Waals surface area contributed by atoms with Gasteiger partial charge in [0.2, 0.25) is 0 Å². The summed E-state index contributed by atoms with van der Waals surface area (Å²) in [5.41, 5.74) is 2.03. The van der Waals surface area contributed by atoms with Crippen molar-refractivity contribution in [1.29, 1.82) is 0 Å². The number of benzene rings is 1. The van der Waals surface area contributed by atoms with Crippen molar-refractivity contribution in [1.82, 2.24) is 4.73 Å². The normalized spacial score (nSPS) is 13.4. The van der Waals surface area contributed by atoms with Gasteiger partial charge in [-0.2, -0.15) is 0 Å². The fourth-order valence-electron chi connectivity index (χ4n) is 3.14. The van der Waals surface area contributed by atoms with Gasteiger partial charge < -0.3 is 19.4 Å². The maximum absolute atomic E-state index is 12.9. The minimum atomic E-state index is 0.302. The second-order valence-electron chi connectivity index (χ2n) is 5.76. The van der Waals surface area contributed by atoms with Gasteiger partial charge in [-0.15, -0.1) is 0 Å². The van der Waals surface area contributed by atoms with E-state index in [0.29, 0.717) is 60.2 Å². The molecule has 0 saturated heterocycles. The van der Waals surface area contributed by atoms with E-state index in [9.17, 15) is 10.1 Å². The molecule has 6 heteroatoms. The Morgan fingerprint density at radius 3 is 2.67 bits per heavy atom. The van der Waals surface area contributed by atoms with Gasteiger partial charge in [0.1, 0.15) is 17.2 Å². The zero-order chi connectivity index (χ0) is 17.1. The molecule has 0 fully saturated rings. The first-order valence-corrected chi connectivity index (χ1v) is 8.43. The zero-order valence-corrected chi connectivity index (χ0v) is 14.1. The van der Waals surface area contributed by atoms with E-state index in [2.05, 4.69) is 0 Å². The summed E-state index contributed by atoms with van der Waals surface area (Å²) < 4.78 is 12.9. The van der Waals surface area contributed by atoms with Crippen LogP contribution in [0.1, 0.15) is 38.1 Å². The average Bonchev–Trinajstić information content (AvgIpc) is 2.60. The lowest BCUT2D eigenvalue weighted by Crippen LogP contribution is -2.29. The van der Waals surface area contributed by atoms with E-state index in [0.717, 1.165) is 22.0 Å². The van der Waals surface area contributed by atoms with E-state index < -0.39 is 0 Å². The molecule has 1 aliphatic rings. The Morgan fingerprint density at radius 2 is 1.92 bits per heavy atom. The molecule has 128 valence electrons. The number of hydrogen-bond acceptors (Lipinski definition) is 4. The summed E-state index contributed by atoms with van der Waals surface area (Å²) in [6.45, 7) is 4.78. The molecular formula is C18H22N2O4. The molecule has 0 spiro atoms. The molecule has 0 unspecified atom stereocenters. The summed E-state index contributed by atoms with van der Waals surface area (Å²) in [6, 6.07) is 5.34. The Hall–Kier alpha value is -2.50. The average molecular weight is 330 g/mol. The summed E-state index contributed by atoms with van der Waals surface area (Å²) >= 11 is 0. The molecular weight excluding hydrogens is 308 g/mol. The quantitative estimate of drug-likeness (QED) is 0.790. The van der Waals surface area contributed by atoms with Crippen LogP contribution in [0.25, 0.3) is 11.3 Å². The number of fused-ring (bicyclic) bond motifs is 1. The van der Waals surface area contributed by atoms with Crippen molar-refractivity contribution >= 4 is 0 Å². The smallest absolute Gasteiger partial charge is 0.258 e. The predicted octanol–water partition coefficient (Wildman–Crippen LogP) is 3.09. The van der Waals surface area contributed by atoms with Crippen LogP contribution < -0.4 is 13.9 Å². The molecule has 3 rings (SSSR count). The van der Waals surface area contributed by atoms with Gasteiger partial charge >= 0.3 is 0 Å². The summed E-state index contributed by atoms with van der Waals surface area (Å²) in [7, 11) is 0. The third-order valence-electron chi connectivity index (χ3n) is 4.22. The lowest BCUT2D eigenvalue weighted by Gasteiger charge is -2.24. The number of ether oxygens (including phenoxy) is 2. The van der Waals surface area contributed by atoms with Crippen LogP contribution in [0, 0.1) is 10.1 Å². The highest BCUT2D eigenvalue weighted by atomic mass is 16.5. The third-order valence-corrected chi connectivity index (χ3v) is 4.22. The van der Waals surface area contributed by atoms with E-state index in [1.165, 1.54) is 6.20 Å². The van der Waals surface area contributed by atoms with Gasteiger partial charge in [-0.1, -0.05) is 0 Å². The van der Waals surface area contributed by atoms with Gasteiger partial charge in [0.05, 0.1) is 23.3 Å². The van der Waals surface area contributed by atoms with Gasteiger partial charge in [-0.05, 0) is 51.3 Å². The number of hydrogen-bond donors (Lipinski definition) is 0. The summed E-state index contributed by atoms with van der Waals surface area (Å²) in [4.78, 5) is 12.4. The van der Waals surface area contributed by atoms with Crippen molar-refractivity contribution in [3.05, 3.63) is 45.9 Å². The van der Waals surface area contributed by atoms with Crippen molar-refractivity contribution in [2.45, 2.75) is 39.5 Å². The topological polar surface area (TPSA) is 69.4 Å². The van der Waals surface area contributed by atoms with Crippen LogP contribution in [0.4, 0.5) is 0 Å². The van der Waals surface area contributed by atoms with Crippen LogP contribution in [0.5, 0.6) is 11.5 Å². The van der Waals surface area contributed by atoms with Crippen LogP contribution in [0.2, 0.25) is 0 Å². The molecule has 24 heavy (non-hydrogen) atoms. The van der Waals surface area contributed by atoms with Crippen LogP contribution >= 0.6 is 0 Å². The lowest BCUT2D eigenvalue weighted by molar-refractivity contribution is -0.506. The van der Waals surface area contributed by atoms with E-state index >= 15 is 0 Å². The number of aromatic nitrogens is 2.